The first-order valence-corrected chi connectivity index (χ1v) is 7.95. The van der Waals surface area contributed by atoms with Gasteiger partial charge in [-0.1, -0.05) is 60.0 Å². The average molecular weight is 450 g/mol. The molecule has 0 aromatic heterocycles. The fraction of sp³-hybridized carbons (Fsp3) is 0.238. The van der Waals surface area contributed by atoms with E-state index in [2.05, 4.69) is 61.5 Å². The summed E-state index contributed by atoms with van der Waals surface area (Å²) in [6.07, 6.45) is 6.00. The molecule has 4 rings (SSSR count). The van der Waals surface area contributed by atoms with Crippen molar-refractivity contribution in [1.82, 2.24) is 0 Å². The number of benzene rings is 2. The topological polar surface area (TPSA) is 20.2 Å². The van der Waals surface area contributed by atoms with Gasteiger partial charge in [0.1, 0.15) is 0 Å². The van der Waals surface area contributed by atoms with E-state index in [1.807, 2.05) is 0 Å². The molecule has 4 heteroatoms. The fourth-order valence-corrected chi connectivity index (χ4v) is 3.73. The molecule has 0 heterocycles. The van der Waals surface area contributed by atoms with E-state index in [1.54, 1.807) is 0 Å². The Kier molecular flexibility index (Phi) is 8.35. The SMILES string of the molecule is CC1c2[c-]c(C3=C(CCO)C=CC3)ccc2-c2ccccc21.[Cl-].[Cl-].[Zr+3]. The first-order valence-electron chi connectivity index (χ1n) is 7.95. The van der Waals surface area contributed by atoms with Crippen LogP contribution in [0.25, 0.3) is 16.7 Å². The number of halogens is 2. The van der Waals surface area contributed by atoms with E-state index in [4.69, 9.17) is 0 Å². The van der Waals surface area contributed by atoms with Crippen LogP contribution in [-0.2, 0) is 26.2 Å². The Balaban J connectivity index is 0.00000104. The van der Waals surface area contributed by atoms with Crippen molar-refractivity contribution in [3.05, 3.63) is 76.9 Å². The summed E-state index contributed by atoms with van der Waals surface area (Å²) in [7, 11) is 0. The van der Waals surface area contributed by atoms with Crippen molar-refractivity contribution < 1.29 is 56.1 Å². The van der Waals surface area contributed by atoms with E-state index in [9.17, 15) is 5.11 Å². The zero-order valence-electron chi connectivity index (χ0n) is 14.0. The van der Waals surface area contributed by atoms with Crippen LogP contribution in [0.15, 0.2) is 54.1 Å². The maximum absolute atomic E-state index is 9.23. The minimum Gasteiger partial charge on any atom is -1.00 e. The molecule has 0 saturated heterocycles. The Bertz CT molecular complexity index is 811. The predicted octanol–water partition coefficient (Wildman–Crippen LogP) is -1.28. The van der Waals surface area contributed by atoms with Gasteiger partial charge >= 0.3 is 26.2 Å². The summed E-state index contributed by atoms with van der Waals surface area (Å²) in [6, 6.07) is 16.8. The van der Waals surface area contributed by atoms with E-state index in [0.717, 1.165) is 12.8 Å². The fourth-order valence-electron chi connectivity index (χ4n) is 3.73. The van der Waals surface area contributed by atoms with Gasteiger partial charge in [-0.05, 0) is 24.3 Å². The molecule has 0 saturated carbocycles. The molecule has 2 aliphatic rings. The molecule has 0 aliphatic heterocycles. The van der Waals surface area contributed by atoms with Crippen molar-refractivity contribution in [1.29, 1.82) is 0 Å². The molecule has 0 amide bonds. The van der Waals surface area contributed by atoms with Crippen LogP contribution >= 0.6 is 0 Å². The van der Waals surface area contributed by atoms with Gasteiger partial charge in [-0.3, -0.25) is 0 Å². The number of fused-ring (bicyclic) bond motifs is 3. The smallest absolute Gasteiger partial charge is 1.00 e. The first kappa shape index (κ1) is 22.4. The quantitative estimate of drug-likeness (QED) is 0.579. The van der Waals surface area contributed by atoms with E-state index >= 15 is 0 Å². The van der Waals surface area contributed by atoms with E-state index in [-0.39, 0.29) is 57.6 Å². The summed E-state index contributed by atoms with van der Waals surface area (Å²) in [5.41, 5.74) is 9.14. The zero-order chi connectivity index (χ0) is 15.1. The summed E-state index contributed by atoms with van der Waals surface area (Å²) >= 11 is 0. The van der Waals surface area contributed by atoms with Crippen molar-refractivity contribution in [3.63, 3.8) is 0 Å². The van der Waals surface area contributed by atoms with E-state index < -0.39 is 0 Å². The normalized spacial score (nSPS) is 16.5. The molecule has 2 aromatic carbocycles. The number of hydrogen-bond donors (Lipinski definition) is 1. The Morgan fingerprint density at radius 2 is 1.84 bits per heavy atom. The Morgan fingerprint density at radius 3 is 2.60 bits per heavy atom. The Hall–Kier alpha value is -0.657. The second-order valence-electron chi connectivity index (χ2n) is 6.09. The van der Waals surface area contributed by atoms with Crippen LogP contribution in [0.5, 0.6) is 0 Å². The van der Waals surface area contributed by atoms with Gasteiger partial charge in [0, 0.05) is 6.61 Å². The predicted molar refractivity (Wildman–Crippen MR) is 90.6 cm³/mol. The van der Waals surface area contributed by atoms with Crippen LogP contribution in [0.2, 0.25) is 0 Å². The number of aliphatic hydroxyl groups excluding tert-OH is 1. The van der Waals surface area contributed by atoms with Gasteiger partial charge in [0.05, 0.1) is 0 Å². The molecule has 1 atom stereocenters. The molecule has 1 N–H and O–H groups in total. The largest absolute Gasteiger partial charge is 3.00 e. The minimum absolute atomic E-state index is 0. The van der Waals surface area contributed by atoms with Crippen molar-refractivity contribution in [2.24, 2.45) is 0 Å². The van der Waals surface area contributed by atoms with Gasteiger partial charge in [0.2, 0.25) is 0 Å². The maximum atomic E-state index is 9.23. The van der Waals surface area contributed by atoms with Gasteiger partial charge < -0.3 is 29.9 Å². The molecule has 1 nitrogen and oxygen atoms in total. The van der Waals surface area contributed by atoms with Crippen LogP contribution in [0.1, 0.15) is 42.4 Å². The molecule has 2 aliphatic carbocycles. The molecule has 2 aromatic rings. The molecule has 25 heavy (non-hydrogen) atoms. The number of rotatable bonds is 3. The Labute approximate surface area is 181 Å². The summed E-state index contributed by atoms with van der Waals surface area (Å²) in [5, 5.41) is 9.23. The molecular weight excluding hydrogens is 430 g/mol. The third kappa shape index (κ3) is 3.88. The second-order valence-corrected chi connectivity index (χ2v) is 6.09. The van der Waals surface area contributed by atoms with Crippen LogP contribution < -0.4 is 24.8 Å². The summed E-state index contributed by atoms with van der Waals surface area (Å²) in [4.78, 5) is 0. The molecule has 127 valence electrons. The van der Waals surface area contributed by atoms with Crippen LogP contribution in [0, 0.1) is 6.07 Å². The number of allylic oxidation sites excluding steroid dienone is 3. The minimum atomic E-state index is 0. The third-order valence-electron chi connectivity index (χ3n) is 4.86. The van der Waals surface area contributed by atoms with Gasteiger partial charge in [0.15, 0.2) is 0 Å². The van der Waals surface area contributed by atoms with E-state index in [1.165, 1.54) is 39.0 Å². The van der Waals surface area contributed by atoms with Crippen molar-refractivity contribution in [3.8, 4) is 11.1 Å². The molecule has 0 bridgehead atoms. The summed E-state index contributed by atoms with van der Waals surface area (Å²) in [6.45, 7) is 2.47. The zero-order valence-corrected chi connectivity index (χ0v) is 18.0. The second kappa shape index (κ2) is 9.33. The molecular formula is C21H19Cl2OZr. The van der Waals surface area contributed by atoms with Gasteiger partial charge in [-0.15, -0.1) is 34.9 Å². The van der Waals surface area contributed by atoms with Gasteiger partial charge in [-0.25, -0.2) is 0 Å². The summed E-state index contributed by atoms with van der Waals surface area (Å²) < 4.78 is 0. The van der Waals surface area contributed by atoms with Crippen LogP contribution in [0.3, 0.4) is 0 Å². The van der Waals surface area contributed by atoms with Crippen LogP contribution in [-0.4, -0.2) is 11.7 Å². The Morgan fingerprint density at radius 1 is 1.08 bits per heavy atom. The van der Waals surface area contributed by atoms with E-state index in [0.29, 0.717) is 5.92 Å². The van der Waals surface area contributed by atoms with Gasteiger partial charge in [-0.2, -0.15) is 0 Å². The molecule has 0 spiro atoms. The maximum Gasteiger partial charge on any atom is 3.00 e. The molecule has 0 fully saturated rings. The third-order valence-corrected chi connectivity index (χ3v) is 4.86. The molecule has 1 radical (unpaired) electrons. The summed E-state index contributed by atoms with van der Waals surface area (Å²) in [5.74, 6) is 0.405. The monoisotopic (exact) mass is 447 g/mol. The van der Waals surface area contributed by atoms with Crippen molar-refractivity contribution in [2.75, 3.05) is 6.61 Å². The van der Waals surface area contributed by atoms with Gasteiger partial charge in [0.25, 0.3) is 0 Å². The standard InChI is InChI=1S/C21H19O.2ClH.Zr/c1-14-17-6-2-3-7-19(17)20-10-9-16(13-21(14)20)18-8-4-5-15(18)11-12-22;;;/h2-7,9-10,14,22H,8,11-12H2,1H3;2*1H;/q-1;;;+3/p-2. The number of hydrogen-bond acceptors (Lipinski definition) is 1. The van der Waals surface area contributed by atoms with Crippen molar-refractivity contribution >= 4 is 5.57 Å². The average Bonchev–Trinajstić information content (AvgIpc) is 3.12. The van der Waals surface area contributed by atoms with Crippen LogP contribution in [0.4, 0.5) is 0 Å². The molecule has 1 unspecified atom stereocenters. The first-order chi connectivity index (χ1) is 10.8. The van der Waals surface area contributed by atoms with Crippen molar-refractivity contribution in [2.45, 2.75) is 25.7 Å². The number of aliphatic hydroxyl groups is 1.